The van der Waals surface area contributed by atoms with Gasteiger partial charge in [0.25, 0.3) is 0 Å². The lowest BCUT2D eigenvalue weighted by Crippen LogP contribution is -2.27. The first-order valence-corrected chi connectivity index (χ1v) is 8.71. The Bertz CT molecular complexity index is 413. The van der Waals surface area contributed by atoms with E-state index in [0.29, 0.717) is 5.92 Å². The summed E-state index contributed by atoms with van der Waals surface area (Å²) in [5.74, 6) is 1.51. The molecule has 2 N–H and O–H groups in total. The van der Waals surface area contributed by atoms with Crippen LogP contribution in [0.1, 0.15) is 45.1 Å². The first kappa shape index (κ1) is 15.9. The summed E-state index contributed by atoms with van der Waals surface area (Å²) in [4.78, 5) is 1.27. The van der Waals surface area contributed by atoms with Crippen LogP contribution in [-0.2, 0) is 6.54 Å². The van der Waals surface area contributed by atoms with Gasteiger partial charge in [-0.15, -0.1) is 11.8 Å². The second-order valence-electron chi connectivity index (χ2n) is 6.39. The molecule has 1 aliphatic carbocycles. The van der Waals surface area contributed by atoms with Crippen LogP contribution in [0.2, 0.25) is 0 Å². The lowest BCUT2D eigenvalue weighted by atomic mass is 10.1. The van der Waals surface area contributed by atoms with Crippen molar-refractivity contribution in [3.05, 3.63) is 29.8 Å². The van der Waals surface area contributed by atoms with Gasteiger partial charge in [0.2, 0.25) is 0 Å². The second-order valence-corrected chi connectivity index (χ2v) is 7.44. The molecule has 2 nitrogen and oxygen atoms in total. The molecule has 0 unspecified atom stereocenters. The van der Waals surface area contributed by atoms with E-state index in [1.807, 2.05) is 0 Å². The summed E-state index contributed by atoms with van der Waals surface area (Å²) in [6.45, 7) is 6.43. The summed E-state index contributed by atoms with van der Waals surface area (Å²) in [6.07, 6.45) is 4.29. The molecule has 1 aliphatic rings. The van der Waals surface area contributed by atoms with Crippen molar-refractivity contribution in [2.24, 2.45) is 5.92 Å². The molecule has 0 aliphatic heterocycles. The van der Waals surface area contributed by atoms with Crippen molar-refractivity contribution in [1.82, 2.24) is 5.32 Å². The van der Waals surface area contributed by atoms with E-state index in [0.717, 1.165) is 31.7 Å². The highest BCUT2D eigenvalue weighted by Gasteiger charge is 2.30. The molecule has 3 heteroatoms. The quantitative estimate of drug-likeness (QED) is 0.749. The highest BCUT2D eigenvalue weighted by molar-refractivity contribution is 7.99. The lowest BCUT2D eigenvalue weighted by molar-refractivity contribution is 0.0732. The van der Waals surface area contributed by atoms with E-state index in [1.165, 1.54) is 23.3 Å². The average molecular weight is 293 g/mol. The van der Waals surface area contributed by atoms with Gasteiger partial charge < -0.3 is 10.4 Å². The molecule has 112 valence electrons. The van der Waals surface area contributed by atoms with Crippen molar-refractivity contribution < 1.29 is 5.11 Å². The molecule has 2 rings (SSSR count). The van der Waals surface area contributed by atoms with Crippen LogP contribution in [0.3, 0.4) is 0 Å². The number of hydrogen-bond donors (Lipinski definition) is 2. The fourth-order valence-corrected chi connectivity index (χ4v) is 3.78. The molecule has 1 fully saturated rings. The molecule has 0 amide bonds. The maximum Gasteiger partial charge on any atom is 0.0741 e. The second kappa shape index (κ2) is 7.48. The van der Waals surface area contributed by atoms with Crippen molar-refractivity contribution in [1.29, 1.82) is 0 Å². The summed E-state index contributed by atoms with van der Waals surface area (Å²) in [5, 5.41) is 13.9. The Morgan fingerprint density at radius 3 is 2.75 bits per heavy atom. The maximum atomic E-state index is 10.4. The zero-order valence-corrected chi connectivity index (χ0v) is 13.5. The minimum absolute atomic E-state index is 0.420. The summed E-state index contributed by atoms with van der Waals surface area (Å²) in [7, 11) is 0. The predicted octanol–water partition coefficient (Wildman–Crippen LogP) is 3.83. The Morgan fingerprint density at radius 1 is 1.30 bits per heavy atom. The molecule has 0 spiro atoms. The van der Waals surface area contributed by atoms with E-state index in [-0.39, 0.29) is 0 Å². The monoisotopic (exact) mass is 293 g/mol. The number of thioether (sulfide) groups is 1. The van der Waals surface area contributed by atoms with E-state index < -0.39 is 5.60 Å². The van der Waals surface area contributed by atoms with Gasteiger partial charge in [0, 0.05) is 17.2 Å². The van der Waals surface area contributed by atoms with Gasteiger partial charge in [0.1, 0.15) is 0 Å². The van der Waals surface area contributed by atoms with Crippen LogP contribution < -0.4 is 5.32 Å². The van der Waals surface area contributed by atoms with Crippen molar-refractivity contribution in [3.63, 3.8) is 0 Å². The molecule has 0 heterocycles. The van der Waals surface area contributed by atoms with Crippen molar-refractivity contribution in [2.45, 2.75) is 56.6 Å². The molecule has 0 saturated heterocycles. The number of hydrogen-bond acceptors (Lipinski definition) is 3. The van der Waals surface area contributed by atoms with E-state index in [9.17, 15) is 5.11 Å². The molecule has 0 aromatic heterocycles. The fourth-order valence-electron chi connectivity index (χ4n) is 2.65. The van der Waals surface area contributed by atoms with Gasteiger partial charge in [-0.1, -0.05) is 38.8 Å². The first-order chi connectivity index (χ1) is 9.57. The molecule has 1 aromatic carbocycles. The minimum Gasteiger partial charge on any atom is -0.389 e. The number of benzene rings is 1. The zero-order valence-electron chi connectivity index (χ0n) is 12.7. The van der Waals surface area contributed by atoms with Crippen molar-refractivity contribution in [3.8, 4) is 0 Å². The Kier molecular flexibility index (Phi) is 5.94. The van der Waals surface area contributed by atoms with Crippen LogP contribution >= 0.6 is 11.8 Å². The Morgan fingerprint density at radius 2 is 2.05 bits per heavy atom. The third kappa shape index (κ3) is 5.12. The first-order valence-electron chi connectivity index (χ1n) is 7.72. The van der Waals surface area contributed by atoms with Gasteiger partial charge in [0.05, 0.1) is 5.60 Å². The van der Waals surface area contributed by atoms with Crippen molar-refractivity contribution in [2.75, 3.05) is 12.3 Å². The predicted molar refractivity (Wildman–Crippen MR) is 87.1 cm³/mol. The number of rotatable bonds is 7. The normalized spacial score (nSPS) is 17.8. The van der Waals surface area contributed by atoms with Gasteiger partial charge in [-0.2, -0.15) is 0 Å². The largest absolute Gasteiger partial charge is 0.389 e. The maximum absolute atomic E-state index is 10.4. The fraction of sp³-hybridized carbons (Fsp3) is 0.647. The number of nitrogens with one attached hydrogen (secondary N) is 1. The average Bonchev–Trinajstić information content (AvgIpc) is 2.84. The summed E-state index contributed by atoms with van der Waals surface area (Å²) >= 11 is 1.79. The number of aliphatic hydroxyl groups is 1. The SMILES string of the molecule is CC(C)CNCc1cccc(SCC2(O)CCCC2)c1. The van der Waals surface area contributed by atoms with Crippen LogP contribution in [0.5, 0.6) is 0 Å². The van der Waals surface area contributed by atoms with Crippen LogP contribution in [0.4, 0.5) is 0 Å². The van der Waals surface area contributed by atoms with Crippen molar-refractivity contribution >= 4 is 11.8 Å². The molecular formula is C17H27NOS. The van der Waals surface area contributed by atoms with Gasteiger partial charge in [-0.3, -0.25) is 0 Å². The molecule has 0 radical (unpaired) electrons. The Balaban J connectivity index is 1.82. The van der Waals surface area contributed by atoms with Gasteiger partial charge >= 0.3 is 0 Å². The molecule has 1 saturated carbocycles. The van der Waals surface area contributed by atoms with E-state index >= 15 is 0 Å². The third-order valence-electron chi connectivity index (χ3n) is 3.82. The standard InChI is InChI=1S/C17H27NOS/c1-14(2)11-18-12-15-6-5-7-16(10-15)20-13-17(19)8-3-4-9-17/h5-7,10,14,18-19H,3-4,8-9,11-13H2,1-2H3. The molecule has 1 aromatic rings. The summed E-state index contributed by atoms with van der Waals surface area (Å²) < 4.78 is 0. The Labute approximate surface area is 127 Å². The van der Waals surface area contributed by atoms with E-state index in [1.54, 1.807) is 11.8 Å². The smallest absolute Gasteiger partial charge is 0.0741 e. The molecule has 20 heavy (non-hydrogen) atoms. The van der Waals surface area contributed by atoms with Crippen LogP contribution in [-0.4, -0.2) is 23.0 Å². The Hall–Kier alpha value is -0.510. The van der Waals surface area contributed by atoms with Crippen LogP contribution in [0.25, 0.3) is 0 Å². The van der Waals surface area contributed by atoms with Crippen LogP contribution in [0.15, 0.2) is 29.2 Å². The molecule has 0 atom stereocenters. The van der Waals surface area contributed by atoms with Gasteiger partial charge in [-0.05, 0) is 43.0 Å². The van der Waals surface area contributed by atoms with Crippen LogP contribution in [0, 0.1) is 5.92 Å². The topological polar surface area (TPSA) is 32.3 Å². The summed E-state index contributed by atoms with van der Waals surface area (Å²) in [6, 6.07) is 8.68. The lowest BCUT2D eigenvalue weighted by Gasteiger charge is -2.21. The zero-order chi connectivity index (χ0) is 14.4. The molecule has 0 bridgehead atoms. The highest BCUT2D eigenvalue weighted by atomic mass is 32.2. The minimum atomic E-state index is -0.420. The van der Waals surface area contributed by atoms with E-state index in [2.05, 4.69) is 43.4 Å². The third-order valence-corrected chi connectivity index (χ3v) is 5.09. The summed E-state index contributed by atoms with van der Waals surface area (Å²) in [5.41, 5.74) is 0.908. The highest BCUT2D eigenvalue weighted by Crippen LogP contribution is 2.34. The molecular weight excluding hydrogens is 266 g/mol. The van der Waals surface area contributed by atoms with E-state index in [4.69, 9.17) is 0 Å². The van der Waals surface area contributed by atoms with Gasteiger partial charge in [-0.25, -0.2) is 0 Å². The van der Waals surface area contributed by atoms with Gasteiger partial charge in [0.15, 0.2) is 0 Å².